The molecule has 15 nitrogen and oxygen atoms in total. The van der Waals surface area contributed by atoms with Crippen molar-refractivity contribution in [1.29, 1.82) is 0 Å². The van der Waals surface area contributed by atoms with E-state index in [4.69, 9.17) is 9.72 Å². The molecular formula is C47H59BrN10O5S. The number of benzene rings is 3. The van der Waals surface area contributed by atoms with Gasteiger partial charge in [0.1, 0.15) is 11.6 Å². The van der Waals surface area contributed by atoms with Crippen LogP contribution in [-0.2, 0) is 26.0 Å². The SMILES string of the molecule is COc1cc(N2CCC(N3CCN(CC4CC(CNc5ccc(C6CCC(=O)NC6=O)cc5)C4)CC3)CC2)c(C)cc1Nc1ncc(Br)c(Nc2cccc3c2N(S(C)(=O)=O)CC3)n1. The van der Waals surface area contributed by atoms with Crippen LogP contribution in [0, 0.1) is 18.8 Å². The monoisotopic (exact) mass is 954 g/mol. The van der Waals surface area contributed by atoms with Crippen molar-refractivity contribution in [2.75, 3.05) is 97.4 Å². The number of halogens is 1. The number of aromatic nitrogens is 2. The van der Waals surface area contributed by atoms with E-state index in [1.165, 1.54) is 35.6 Å². The quantitative estimate of drug-likeness (QED) is 0.100. The van der Waals surface area contributed by atoms with Crippen LogP contribution in [0.15, 0.2) is 65.3 Å². The highest BCUT2D eigenvalue weighted by atomic mass is 79.9. The third kappa shape index (κ3) is 9.82. The van der Waals surface area contributed by atoms with Crippen LogP contribution in [0.25, 0.3) is 0 Å². The summed E-state index contributed by atoms with van der Waals surface area (Å²) in [6, 6.07) is 18.7. The van der Waals surface area contributed by atoms with Gasteiger partial charge in [-0.3, -0.25) is 24.1 Å². The van der Waals surface area contributed by atoms with Crippen LogP contribution in [0.1, 0.15) is 61.1 Å². The normalized spacial score (nSPS) is 22.2. The van der Waals surface area contributed by atoms with Gasteiger partial charge in [0.25, 0.3) is 0 Å². The van der Waals surface area contributed by atoms with E-state index < -0.39 is 10.0 Å². The lowest BCUT2D eigenvalue weighted by Crippen LogP contribution is -2.54. The summed E-state index contributed by atoms with van der Waals surface area (Å²) in [5.41, 5.74) is 7.42. The highest BCUT2D eigenvalue weighted by Gasteiger charge is 2.34. The first-order valence-corrected chi connectivity index (χ1v) is 25.3. The van der Waals surface area contributed by atoms with Crippen LogP contribution in [0.4, 0.5) is 40.2 Å². The smallest absolute Gasteiger partial charge is 0.234 e. The fraction of sp³-hybridized carbons (Fsp3) is 0.489. The van der Waals surface area contributed by atoms with Gasteiger partial charge < -0.3 is 30.5 Å². The van der Waals surface area contributed by atoms with Gasteiger partial charge in [-0.15, -0.1) is 0 Å². The average molecular weight is 956 g/mol. The summed E-state index contributed by atoms with van der Waals surface area (Å²) >= 11 is 3.57. The number of nitrogens with one attached hydrogen (secondary N) is 4. The number of hydrogen-bond acceptors (Lipinski definition) is 13. The van der Waals surface area contributed by atoms with Gasteiger partial charge in [0.05, 0.1) is 40.8 Å². The highest BCUT2D eigenvalue weighted by molar-refractivity contribution is 9.10. The zero-order valence-corrected chi connectivity index (χ0v) is 39.3. The van der Waals surface area contributed by atoms with Crippen LogP contribution in [0.2, 0.25) is 0 Å². The van der Waals surface area contributed by atoms with Crippen molar-refractivity contribution in [2.24, 2.45) is 11.8 Å². The van der Waals surface area contributed by atoms with Crippen molar-refractivity contribution < 1.29 is 22.7 Å². The largest absolute Gasteiger partial charge is 0.494 e. The standard InChI is InChI=1S/C47H59BrN10O5S/c1-30-23-40(52-47-50-28-38(48)45(54-47)51-39-6-4-5-34-13-18-58(44(34)39)64(3,61)62)42(63-2)26-41(30)57-16-14-36(15-17-57)56-21-19-55(20-22-56)29-32-24-31(25-32)27-49-35-9-7-33(8-10-35)37-11-12-43(59)53-46(37)60/h4-10,23,26,28,31-32,36-37,49H,11-22,24-25,27,29H2,1-3H3,(H,53,59,60)(H2,50,51,52,54). The number of imide groups is 1. The summed E-state index contributed by atoms with van der Waals surface area (Å²) < 4.78 is 33.1. The van der Waals surface area contributed by atoms with Gasteiger partial charge in [-0.1, -0.05) is 24.3 Å². The number of ether oxygens (including phenoxy) is 1. The summed E-state index contributed by atoms with van der Waals surface area (Å²) in [5.74, 6) is 2.45. The molecule has 1 atom stereocenters. The van der Waals surface area contributed by atoms with Crippen molar-refractivity contribution in [2.45, 2.75) is 63.8 Å². The minimum atomic E-state index is -3.43. The van der Waals surface area contributed by atoms with Gasteiger partial charge in [0.15, 0.2) is 0 Å². The Bertz CT molecular complexity index is 2470. The fourth-order valence-corrected chi connectivity index (χ4v) is 11.6. The molecule has 9 rings (SSSR count). The Morgan fingerprint density at radius 1 is 0.891 bits per heavy atom. The van der Waals surface area contributed by atoms with Crippen molar-refractivity contribution >= 4 is 78.0 Å². The predicted octanol–water partition coefficient (Wildman–Crippen LogP) is 6.61. The molecule has 0 spiro atoms. The first kappa shape index (κ1) is 44.2. The first-order valence-electron chi connectivity index (χ1n) is 22.6. The topological polar surface area (TPSA) is 164 Å². The molecule has 3 aromatic carbocycles. The molecule has 2 amide bonds. The highest BCUT2D eigenvalue weighted by Crippen LogP contribution is 2.41. The molecule has 4 fully saturated rings. The Hall–Kier alpha value is -4.97. The second-order valence-electron chi connectivity index (χ2n) is 18.1. The van der Waals surface area contributed by atoms with Gasteiger partial charge in [-0.25, -0.2) is 13.4 Å². The van der Waals surface area contributed by atoms with Gasteiger partial charge in [-0.05, 0) is 114 Å². The van der Waals surface area contributed by atoms with E-state index in [2.05, 4.69) is 88.1 Å². The number of amides is 2. The zero-order valence-electron chi connectivity index (χ0n) is 36.9. The van der Waals surface area contributed by atoms with Crippen molar-refractivity contribution in [1.82, 2.24) is 25.1 Å². The van der Waals surface area contributed by atoms with E-state index in [0.717, 1.165) is 92.6 Å². The fourth-order valence-electron chi connectivity index (χ4n) is 10.3. The maximum absolute atomic E-state index is 12.6. The molecule has 1 aromatic heterocycles. The van der Waals surface area contributed by atoms with Gasteiger partial charge in [0.2, 0.25) is 27.8 Å². The molecule has 1 unspecified atom stereocenters. The number of piperidine rings is 2. The Kier molecular flexibility index (Phi) is 13.0. The number of fused-ring (bicyclic) bond motifs is 1. The lowest BCUT2D eigenvalue weighted by molar-refractivity contribution is -0.134. The molecule has 1 aliphatic carbocycles. The summed E-state index contributed by atoms with van der Waals surface area (Å²) in [7, 11) is -1.75. The number of piperazine rings is 1. The molecule has 0 radical (unpaired) electrons. The number of para-hydroxylation sites is 1. The number of carbonyl (C=O) groups excluding carboxylic acids is 2. The van der Waals surface area contributed by atoms with Crippen LogP contribution < -0.4 is 35.2 Å². The third-order valence-corrected chi connectivity index (χ3v) is 15.6. The van der Waals surface area contributed by atoms with Crippen molar-refractivity contribution in [3.63, 3.8) is 0 Å². The predicted molar refractivity (Wildman–Crippen MR) is 256 cm³/mol. The van der Waals surface area contributed by atoms with Crippen LogP contribution in [0.5, 0.6) is 5.75 Å². The number of anilines is 7. The number of nitrogens with zero attached hydrogens (tertiary/aromatic N) is 6. The van der Waals surface area contributed by atoms with Gasteiger partial charge >= 0.3 is 0 Å². The van der Waals surface area contributed by atoms with E-state index in [0.29, 0.717) is 71.1 Å². The second-order valence-corrected chi connectivity index (χ2v) is 20.9. The molecule has 5 aliphatic rings. The molecule has 3 saturated heterocycles. The number of sulfonamides is 1. The van der Waals surface area contributed by atoms with Crippen LogP contribution in [-0.4, -0.2) is 118 Å². The van der Waals surface area contributed by atoms with Crippen molar-refractivity contribution in [3.8, 4) is 5.75 Å². The molecule has 1 saturated carbocycles. The Morgan fingerprint density at radius 2 is 1.66 bits per heavy atom. The van der Waals surface area contributed by atoms with Gasteiger partial charge in [-0.2, -0.15) is 4.98 Å². The molecule has 4 N–H and O–H groups in total. The minimum absolute atomic E-state index is 0.179. The molecule has 4 aromatic rings. The van der Waals surface area contributed by atoms with E-state index in [9.17, 15) is 18.0 Å². The van der Waals surface area contributed by atoms with E-state index in [1.807, 2.05) is 30.3 Å². The average Bonchev–Trinajstić information content (AvgIpc) is 3.73. The Balaban J connectivity index is 0.720. The molecule has 340 valence electrons. The molecule has 4 aliphatic heterocycles. The Labute approximate surface area is 384 Å². The summed E-state index contributed by atoms with van der Waals surface area (Å²) in [6.45, 7) is 11.2. The molecule has 17 heteroatoms. The van der Waals surface area contributed by atoms with Crippen LogP contribution in [0.3, 0.4) is 0 Å². The number of methoxy groups -OCH3 is 1. The molecule has 5 heterocycles. The number of hydrogen-bond donors (Lipinski definition) is 4. The summed E-state index contributed by atoms with van der Waals surface area (Å²) in [4.78, 5) is 40.9. The maximum Gasteiger partial charge on any atom is 0.234 e. The van der Waals surface area contributed by atoms with Gasteiger partial charge in [0, 0.05) is 95.0 Å². The summed E-state index contributed by atoms with van der Waals surface area (Å²) in [5, 5.41) is 12.8. The lowest BCUT2D eigenvalue weighted by atomic mass is 9.74. The van der Waals surface area contributed by atoms with E-state index in [1.54, 1.807) is 13.3 Å². The number of rotatable bonds is 14. The van der Waals surface area contributed by atoms with E-state index in [-0.39, 0.29) is 17.7 Å². The molecule has 0 bridgehead atoms. The Morgan fingerprint density at radius 3 is 2.38 bits per heavy atom. The molecular weight excluding hydrogens is 897 g/mol. The van der Waals surface area contributed by atoms with Crippen molar-refractivity contribution in [3.05, 3.63) is 82.0 Å². The minimum Gasteiger partial charge on any atom is -0.494 e. The lowest BCUT2D eigenvalue weighted by Gasteiger charge is -2.45. The zero-order chi connectivity index (χ0) is 44.5. The third-order valence-electron chi connectivity index (χ3n) is 13.8. The summed E-state index contributed by atoms with van der Waals surface area (Å²) in [6.07, 6.45) is 9.34. The van der Waals surface area contributed by atoms with Crippen LogP contribution >= 0.6 is 15.9 Å². The first-order chi connectivity index (χ1) is 30.9. The molecule has 64 heavy (non-hydrogen) atoms. The second kappa shape index (κ2) is 18.9. The number of aryl methyl sites for hydroxylation is 1. The maximum atomic E-state index is 12.6. The van der Waals surface area contributed by atoms with E-state index >= 15 is 0 Å². The number of carbonyl (C=O) groups is 2.